The third-order valence-corrected chi connectivity index (χ3v) is 8.83. The van der Waals surface area contributed by atoms with E-state index in [1.165, 1.54) is 6.07 Å². The maximum Gasteiger partial charge on any atom is 0.417 e. The lowest BCUT2D eigenvalue weighted by atomic mass is 9.95. The molecule has 0 radical (unpaired) electrons. The third kappa shape index (κ3) is 5.04. The number of hydrogen-bond acceptors (Lipinski definition) is 6. The molecule has 1 fully saturated rings. The fourth-order valence-corrected chi connectivity index (χ4v) is 6.33. The molecule has 0 spiro atoms. The molecule has 36 heavy (non-hydrogen) atoms. The first kappa shape index (κ1) is 24.2. The molecule has 10 heteroatoms. The van der Waals surface area contributed by atoms with Crippen LogP contribution < -0.4 is 5.32 Å². The Bertz CT molecular complexity index is 1470. The van der Waals surface area contributed by atoms with E-state index in [2.05, 4.69) is 20.3 Å². The summed E-state index contributed by atoms with van der Waals surface area (Å²) in [5.74, 6) is 0.351. The van der Waals surface area contributed by atoms with Gasteiger partial charge in [0.05, 0.1) is 21.2 Å². The molecule has 1 saturated carbocycles. The summed E-state index contributed by atoms with van der Waals surface area (Å²) in [6, 6.07) is 12.9. The molecular weight excluding hydrogens is 489 g/mol. The summed E-state index contributed by atoms with van der Waals surface area (Å²) < 4.78 is 64.6. The quantitative estimate of drug-likeness (QED) is 0.358. The zero-order valence-corrected chi connectivity index (χ0v) is 19.9. The van der Waals surface area contributed by atoms with Gasteiger partial charge in [-0.15, -0.1) is 0 Å². The molecule has 0 bridgehead atoms. The molecule has 5 rings (SSSR count). The van der Waals surface area contributed by atoms with Crippen molar-refractivity contribution >= 4 is 26.6 Å². The summed E-state index contributed by atoms with van der Waals surface area (Å²) in [7, 11) is -3.51. The van der Waals surface area contributed by atoms with E-state index < -0.39 is 26.8 Å². The molecule has 0 amide bonds. The standard InChI is InChI=1S/C26H23F3N4O2S/c27-26(28,29)20-3-10-25(32-16-20)33-21-4-8-23(9-5-21)36(34,35)22-6-1-17(2-7-22)18-13-19-14-30-12-11-24(19)31-15-18/h1-3,6-7,10-16,21,23H,4-5,8-9H2,(H,32,33). The molecule has 0 saturated heterocycles. The highest BCUT2D eigenvalue weighted by Gasteiger charge is 2.33. The van der Waals surface area contributed by atoms with Gasteiger partial charge in [-0.2, -0.15) is 13.2 Å². The molecule has 1 aliphatic rings. The van der Waals surface area contributed by atoms with Crippen LogP contribution in [0.3, 0.4) is 0 Å². The number of sulfone groups is 1. The molecule has 1 N–H and O–H groups in total. The van der Waals surface area contributed by atoms with Crippen LogP contribution in [0, 0.1) is 0 Å². The summed E-state index contributed by atoms with van der Waals surface area (Å²) in [5.41, 5.74) is 1.78. The summed E-state index contributed by atoms with van der Waals surface area (Å²) >= 11 is 0. The predicted molar refractivity (Wildman–Crippen MR) is 131 cm³/mol. The highest BCUT2D eigenvalue weighted by Crippen LogP contribution is 2.32. The minimum absolute atomic E-state index is 0.0436. The van der Waals surface area contributed by atoms with Crippen LogP contribution in [0.4, 0.5) is 19.0 Å². The smallest absolute Gasteiger partial charge is 0.367 e. The van der Waals surface area contributed by atoms with E-state index >= 15 is 0 Å². The Labute approximate surface area is 206 Å². The molecule has 0 aliphatic heterocycles. The number of hydrogen-bond donors (Lipinski definition) is 1. The Hall–Kier alpha value is -3.53. The molecule has 1 aromatic carbocycles. The summed E-state index contributed by atoms with van der Waals surface area (Å²) in [5, 5.41) is 3.53. The Balaban J connectivity index is 1.22. The molecule has 1 aliphatic carbocycles. The molecule has 0 atom stereocenters. The van der Waals surface area contributed by atoms with Crippen molar-refractivity contribution in [1.29, 1.82) is 0 Å². The zero-order valence-electron chi connectivity index (χ0n) is 19.1. The van der Waals surface area contributed by atoms with E-state index in [-0.39, 0.29) is 10.9 Å². The van der Waals surface area contributed by atoms with Gasteiger partial charge in [0, 0.05) is 41.8 Å². The van der Waals surface area contributed by atoms with Crippen molar-refractivity contribution in [3.63, 3.8) is 0 Å². The van der Waals surface area contributed by atoms with Crippen LogP contribution in [0.1, 0.15) is 31.2 Å². The third-order valence-electron chi connectivity index (χ3n) is 6.55. The second-order valence-electron chi connectivity index (χ2n) is 8.91. The normalized spacial score (nSPS) is 18.8. The van der Waals surface area contributed by atoms with E-state index in [0.717, 1.165) is 34.3 Å². The molecule has 0 unspecified atom stereocenters. The first-order valence-electron chi connectivity index (χ1n) is 11.5. The van der Waals surface area contributed by atoms with E-state index in [1.54, 1.807) is 42.9 Å². The maximum absolute atomic E-state index is 13.2. The fourth-order valence-electron chi connectivity index (χ4n) is 4.53. The number of alkyl halides is 3. The second-order valence-corrected chi connectivity index (χ2v) is 11.1. The Morgan fingerprint density at radius 1 is 0.833 bits per heavy atom. The molecular formula is C26H23F3N4O2S. The summed E-state index contributed by atoms with van der Waals surface area (Å²) in [6.07, 6.45) is 3.64. The van der Waals surface area contributed by atoms with Gasteiger partial charge in [0.2, 0.25) is 0 Å². The van der Waals surface area contributed by atoms with Crippen LogP contribution in [0.5, 0.6) is 0 Å². The zero-order chi connectivity index (χ0) is 25.3. The highest BCUT2D eigenvalue weighted by molar-refractivity contribution is 7.92. The van der Waals surface area contributed by atoms with Gasteiger partial charge in [-0.1, -0.05) is 12.1 Å². The summed E-state index contributed by atoms with van der Waals surface area (Å²) in [6.45, 7) is 0. The van der Waals surface area contributed by atoms with E-state index in [0.29, 0.717) is 31.5 Å². The van der Waals surface area contributed by atoms with Crippen LogP contribution in [0.2, 0.25) is 0 Å². The van der Waals surface area contributed by atoms with Crippen LogP contribution in [-0.4, -0.2) is 34.7 Å². The van der Waals surface area contributed by atoms with Crippen LogP contribution in [0.15, 0.2) is 78.2 Å². The number of benzene rings is 1. The van der Waals surface area contributed by atoms with Crippen LogP contribution in [0.25, 0.3) is 22.0 Å². The summed E-state index contributed by atoms with van der Waals surface area (Å²) in [4.78, 5) is 12.7. The highest BCUT2D eigenvalue weighted by atomic mass is 32.2. The van der Waals surface area contributed by atoms with E-state index in [1.807, 2.05) is 12.1 Å². The number of nitrogens with one attached hydrogen (secondary N) is 1. The Morgan fingerprint density at radius 3 is 2.25 bits per heavy atom. The minimum atomic E-state index is -4.43. The van der Waals surface area contributed by atoms with Gasteiger partial charge in [0.1, 0.15) is 5.82 Å². The SMILES string of the molecule is O=S(=O)(c1ccc(-c2cnc3ccncc3c2)cc1)C1CCC(Nc2ccc(C(F)(F)F)cn2)CC1. The lowest BCUT2D eigenvalue weighted by molar-refractivity contribution is -0.137. The number of nitrogens with zero attached hydrogens (tertiary/aromatic N) is 3. The number of fused-ring (bicyclic) bond motifs is 1. The van der Waals surface area contributed by atoms with Crippen molar-refractivity contribution < 1.29 is 21.6 Å². The van der Waals surface area contributed by atoms with Gasteiger partial charge in [-0.3, -0.25) is 9.97 Å². The number of rotatable bonds is 5. The van der Waals surface area contributed by atoms with Gasteiger partial charge in [0.15, 0.2) is 9.84 Å². The average molecular weight is 513 g/mol. The maximum atomic E-state index is 13.2. The van der Waals surface area contributed by atoms with Crippen molar-refractivity contribution in [2.45, 2.75) is 48.0 Å². The van der Waals surface area contributed by atoms with Crippen LogP contribution in [-0.2, 0) is 16.0 Å². The monoisotopic (exact) mass is 512 g/mol. The topological polar surface area (TPSA) is 84.8 Å². The largest absolute Gasteiger partial charge is 0.417 e. The fraction of sp³-hybridized carbons (Fsp3) is 0.269. The van der Waals surface area contributed by atoms with Gasteiger partial charge in [-0.25, -0.2) is 13.4 Å². The average Bonchev–Trinajstić information content (AvgIpc) is 2.88. The van der Waals surface area contributed by atoms with Gasteiger partial charge in [-0.05, 0) is 67.6 Å². The predicted octanol–water partition coefficient (Wildman–Crippen LogP) is 5.91. The number of aromatic nitrogens is 3. The van der Waals surface area contributed by atoms with Crippen molar-refractivity contribution in [2.75, 3.05) is 5.32 Å². The molecule has 3 heterocycles. The lowest BCUT2D eigenvalue weighted by Gasteiger charge is -2.29. The first-order chi connectivity index (χ1) is 17.2. The van der Waals surface area contributed by atoms with Gasteiger partial charge in [0.25, 0.3) is 0 Å². The molecule has 3 aromatic heterocycles. The Kier molecular flexibility index (Phi) is 6.38. The number of pyridine rings is 3. The van der Waals surface area contributed by atoms with Crippen molar-refractivity contribution in [3.05, 3.63) is 78.9 Å². The molecule has 4 aromatic rings. The first-order valence-corrected chi connectivity index (χ1v) is 13.1. The Morgan fingerprint density at radius 2 is 1.58 bits per heavy atom. The second kappa shape index (κ2) is 9.50. The van der Waals surface area contributed by atoms with Crippen molar-refractivity contribution in [2.24, 2.45) is 0 Å². The molecule has 186 valence electrons. The molecule has 6 nitrogen and oxygen atoms in total. The number of anilines is 1. The van der Waals surface area contributed by atoms with E-state index in [4.69, 9.17) is 0 Å². The van der Waals surface area contributed by atoms with Gasteiger partial charge >= 0.3 is 6.18 Å². The van der Waals surface area contributed by atoms with E-state index in [9.17, 15) is 21.6 Å². The lowest BCUT2D eigenvalue weighted by Crippen LogP contribution is -2.33. The van der Waals surface area contributed by atoms with Crippen molar-refractivity contribution in [3.8, 4) is 11.1 Å². The minimum Gasteiger partial charge on any atom is -0.367 e. The van der Waals surface area contributed by atoms with Gasteiger partial charge < -0.3 is 5.32 Å². The van der Waals surface area contributed by atoms with Crippen LogP contribution >= 0.6 is 0 Å². The van der Waals surface area contributed by atoms with Crippen molar-refractivity contribution in [1.82, 2.24) is 15.0 Å². The number of halogens is 3.